The lowest BCUT2D eigenvalue weighted by molar-refractivity contribution is 0.252. The Kier molecular flexibility index (Phi) is 3.36. The van der Waals surface area contributed by atoms with E-state index in [1.807, 2.05) is 35.7 Å². The summed E-state index contributed by atoms with van der Waals surface area (Å²) < 4.78 is 1.83. The standard InChI is InChI=1S/C11H16N4S/c1-9(11-12-4-5-16-11)14(2)7-10-6-13-15(3)8-10/h4-6,8-9H,7H2,1-3H3. The van der Waals surface area contributed by atoms with Crippen LogP contribution in [0.5, 0.6) is 0 Å². The van der Waals surface area contributed by atoms with Gasteiger partial charge in [0.15, 0.2) is 0 Å². The summed E-state index contributed by atoms with van der Waals surface area (Å²) in [4.78, 5) is 6.61. The average molecular weight is 236 g/mol. The fourth-order valence-electron chi connectivity index (χ4n) is 1.61. The maximum absolute atomic E-state index is 4.34. The van der Waals surface area contributed by atoms with Crippen LogP contribution in [0, 0.1) is 0 Å². The second kappa shape index (κ2) is 4.76. The SMILES string of the molecule is CC(c1nccs1)N(C)Cc1cnn(C)c1. The molecule has 0 aromatic carbocycles. The van der Waals surface area contributed by atoms with E-state index in [9.17, 15) is 0 Å². The predicted molar refractivity (Wildman–Crippen MR) is 65.2 cm³/mol. The molecule has 1 unspecified atom stereocenters. The molecule has 0 aliphatic heterocycles. The van der Waals surface area contributed by atoms with Crippen LogP contribution in [0.2, 0.25) is 0 Å². The van der Waals surface area contributed by atoms with Crippen LogP contribution >= 0.6 is 11.3 Å². The van der Waals surface area contributed by atoms with Gasteiger partial charge < -0.3 is 0 Å². The van der Waals surface area contributed by atoms with Gasteiger partial charge in [-0.1, -0.05) is 0 Å². The van der Waals surface area contributed by atoms with Gasteiger partial charge >= 0.3 is 0 Å². The Hall–Kier alpha value is -1.20. The largest absolute Gasteiger partial charge is 0.293 e. The summed E-state index contributed by atoms with van der Waals surface area (Å²) in [5, 5.41) is 7.35. The Balaban J connectivity index is 2.00. The Morgan fingerprint density at radius 2 is 2.38 bits per heavy atom. The molecule has 0 radical (unpaired) electrons. The van der Waals surface area contributed by atoms with Gasteiger partial charge in [-0.3, -0.25) is 9.58 Å². The minimum atomic E-state index is 0.347. The number of thiazole rings is 1. The van der Waals surface area contributed by atoms with Crippen molar-refractivity contribution in [3.63, 3.8) is 0 Å². The number of hydrogen-bond acceptors (Lipinski definition) is 4. The third kappa shape index (κ3) is 2.48. The first kappa shape index (κ1) is 11.3. The molecule has 16 heavy (non-hydrogen) atoms. The summed E-state index contributed by atoms with van der Waals surface area (Å²) in [6, 6.07) is 0.347. The average Bonchev–Trinajstić information content (AvgIpc) is 2.88. The molecule has 5 heteroatoms. The normalized spacial score (nSPS) is 13.2. The third-order valence-electron chi connectivity index (χ3n) is 2.66. The lowest BCUT2D eigenvalue weighted by atomic mass is 10.2. The third-order valence-corrected chi connectivity index (χ3v) is 3.61. The van der Waals surface area contributed by atoms with Crippen molar-refractivity contribution >= 4 is 11.3 Å². The highest BCUT2D eigenvalue weighted by Gasteiger charge is 2.14. The molecular formula is C11H16N4S. The van der Waals surface area contributed by atoms with E-state index in [0.717, 1.165) is 11.6 Å². The van der Waals surface area contributed by atoms with Crippen LogP contribution in [-0.4, -0.2) is 26.7 Å². The second-order valence-corrected chi connectivity index (χ2v) is 4.91. The van der Waals surface area contributed by atoms with Crippen molar-refractivity contribution in [2.45, 2.75) is 19.5 Å². The minimum Gasteiger partial charge on any atom is -0.293 e. The van der Waals surface area contributed by atoms with E-state index in [-0.39, 0.29) is 0 Å². The summed E-state index contributed by atoms with van der Waals surface area (Å²) >= 11 is 1.70. The summed E-state index contributed by atoms with van der Waals surface area (Å²) in [5.41, 5.74) is 1.23. The molecule has 0 aliphatic rings. The van der Waals surface area contributed by atoms with Gasteiger partial charge in [-0.05, 0) is 14.0 Å². The lowest BCUT2D eigenvalue weighted by Gasteiger charge is -2.21. The highest BCUT2D eigenvalue weighted by atomic mass is 32.1. The number of nitrogens with zero attached hydrogens (tertiary/aromatic N) is 4. The molecule has 0 saturated carbocycles. The number of rotatable bonds is 4. The second-order valence-electron chi connectivity index (χ2n) is 3.98. The van der Waals surface area contributed by atoms with Crippen molar-refractivity contribution in [2.75, 3.05) is 7.05 Å². The van der Waals surface area contributed by atoms with Crippen LogP contribution in [0.15, 0.2) is 24.0 Å². The van der Waals surface area contributed by atoms with E-state index in [0.29, 0.717) is 6.04 Å². The first-order valence-electron chi connectivity index (χ1n) is 5.24. The first-order valence-corrected chi connectivity index (χ1v) is 6.12. The van der Waals surface area contributed by atoms with Gasteiger partial charge in [0.05, 0.1) is 12.2 Å². The highest BCUT2D eigenvalue weighted by molar-refractivity contribution is 7.09. The molecule has 0 aliphatic carbocycles. The van der Waals surface area contributed by atoms with Gasteiger partial charge in [0.25, 0.3) is 0 Å². The van der Waals surface area contributed by atoms with Gasteiger partial charge in [0.1, 0.15) is 5.01 Å². The van der Waals surface area contributed by atoms with E-state index < -0.39 is 0 Å². The van der Waals surface area contributed by atoms with E-state index in [1.165, 1.54) is 5.56 Å². The lowest BCUT2D eigenvalue weighted by Crippen LogP contribution is -2.21. The van der Waals surface area contributed by atoms with Crippen LogP contribution < -0.4 is 0 Å². The molecule has 2 aromatic rings. The molecule has 4 nitrogen and oxygen atoms in total. The summed E-state index contributed by atoms with van der Waals surface area (Å²) in [6.45, 7) is 3.07. The molecule has 0 bridgehead atoms. The molecule has 0 N–H and O–H groups in total. The monoisotopic (exact) mass is 236 g/mol. The molecule has 86 valence electrons. The quantitative estimate of drug-likeness (QED) is 0.815. The molecule has 2 aromatic heterocycles. The van der Waals surface area contributed by atoms with Crippen molar-refractivity contribution in [2.24, 2.45) is 7.05 Å². The zero-order valence-corrected chi connectivity index (χ0v) is 10.6. The van der Waals surface area contributed by atoms with Crippen molar-refractivity contribution in [3.05, 3.63) is 34.5 Å². The fraction of sp³-hybridized carbons (Fsp3) is 0.455. The van der Waals surface area contributed by atoms with Crippen molar-refractivity contribution in [1.29, 1.82) is 0 Å². The molecule has 2 rings (SSSR count). The van der Waals surface area contributed by atoms with Crippen LogP contribution in [-0.2, 0) is 13.6 Å². The van der Waals surface area contributed by atoms with Gasteiger partial charge in [-0.2, -0.15) is 5.10 Å². The minimum absolute atomic E-state index is 0.347. The number of aryl methyl sites for hydroxylation is 1. The Bertz CT molecular complexity index is 435. The maximum Gasteiger partial charge on any atom is 0.109 e. The molecule has 1 atom stereocenters. The van der Waals surface area contributed by atoms with Crippen molar-refractivity contribution in [3.8, 4) is 0 Å². The highest BCUT2D eigenvalue weighted by Crippen LogP contribution is 2.21. The van der Waals surface area contributed by atoms with Gasteiger partial charge in [0.2, 0.25) is 0 Å². The van der Waals surface area contributed by atoms with E-state index in [2.05, 4.69) is 29.0 Å². The van der Waals surface area contributed by atoms with E-state index >= 15 is 0 Å². The Labute approximate surface area is 99.5 Å². The molecule has 0 spiro atoms. The molecule has 0 fully saturated rings. The number of hydrogen-bond donors (Lipinski definition) is 0. The smallest absolute Gasteiger partial charge is 0.109 e. The van der Waals surface area contributed by atoms with Gasteiger partial charge in [-0.15, -0.1) is 11.3 Å². The first-order chi connectivity index (χ1) is 7.66. The molecule has 0 saturated heterocycles. The van der Waals surface area contributed by atoms with Crippen LogP contribution in [0.4, 0.5) is 0 Å². The molecular weight excluding hydrogens is 220 g/mol. The van der Waals surface area contributed by atoms with E-state index in [1.54, 1.807) is 11.3 Å². The summed E-state index contributed by atoms with van der Waals surface area (Å²) in [5.74, 6) is 0. The van der Waals surface area contributed by atoms with Crippen molar-refractivity contribution in [1.82, 2.24) is 19.7 Å². The van der Waals surface area contributed by atoms with Crippen LogP contribution in [0.1, 0.15) is 23.5 Å². The Morgan fingerprint density at radius 3 is 2.94 bits per heavy atom. The van der Waals surface area contributed by atoms with Crippen LogP contribution in [0.3, 0.4) is 0 Å². The molecule has 0 amide bonds. The zero-order valence-electron chi connectivity index (χ0n) is 9.79. The van der Waals surface area contributed by atoms with Crippen molar-refractivity contribution < 1.29 is 0 Å². The zero-order chi connectivity index (χ0) is 11.5. The number of aromatic nitrogens is 3. The van der Waals surface area contributed by atoms with Crippen LogP contribution in [0.25, 0.3) is 0 Å². The summed E-state index contributed by atoms with van der Waals surface area (Å²) in [6.07, 6.45) is 5.81. The maximum atomic E-state index is 4.34. The van der Waals surface area contributed by atoms with Gasteiger partial charge in [0, 0.05) is 36.9 Å². The van der Waals surface area contributed by atoms with Gasteiger partial charge in [-0.25, -0.2) is 4.98 Å². The predicted octanol–water partition coefficient (Wildman–Crippen LogP) is 2.07. The van der Waals surface area contributed by atoms with E-state index in [4.69, 9.17) is 0 Å². The Morgan fingerprint density at radius 1 is 1.56 bits per heavy atom. The summed E-state index contributed by atoms with van der Waals surface area (Å²) in [7, 11) is 4.05. The fourth-order valence-corrected chi connectivity index (χ4v) is 2.37. The topological polar surface area (TPSA) is 34.0 Å². The molecule has 2 heterocycles.